The van der Waals surface area contributed by atoms with Crippen molar-refractivity contribution in [2.24, 2.45) is 15.1 Å². The van der Waals surface area contributed by atoms with E-state index < -0.39 is 5.41 Å². The van der Waals surface area contributed by atoms with E-state index in [1.807, 2.05) is 38.2 Å². The Morgan fingerprint density at radius 2 is 2.25 bits per heavy atom. The van der Waals surface area contributed by atoms with Crippen LogP contribution in [0.5, 0.6) is 0 Å². The Labute approximate surface area is 162 Å². The Balaban J connectivity index is 1.45. The summed E-state index contributed by atoms with van der Waals surface area (Å²) >= 11 is 0. The maximum absolute atomic E-state index is 12.2. The van der Waals surface area contributed by atoms with Crippen LogP contribution in [-0.4, -0.2) is 57.9 Å². The molecule has 9 heteroatoms. The van der Waals surface area contributed by atoms with Crippen LogP contribution in [0.15, 0.2) is 45.7 Å². The smallest absolute Gasteiger partial charge is 0.301 e. The molecule has 4 aliphatic rings. The van der Waals surface area contributed by atoms with Gasteiger partial charge in [-0.3, -0.25) is 9.79 Å². The van der Waals surface area contributed by atoms with Crippen LogP contribution >= 0.6 is 0 Å². The highest BCUT2D eigenvalue weighted by atomic mass is 16.3. The zero-order valence-corrected chi connectivity index (χ0v) is 15.8. The highest BCUT2D eigenvalue weighted by molar-refractivity contribution is 6.30. The molecule has 0 saturated carbocycles. The molecule has 1 unspecified atom stereocenters. The Bertz CT molecular complexity index is 994. The summed E-state index contributed by atoms with van der Waals surface area (Å²) in [7, 11) is 0. The Hall–Kier alpha value is -2.88. The summed E-state index contributed by atoms with van der Waals surface area (Å²) in [6, 6.07) is 5.78. The zero-order chi connectivity index (χ0) is 19.5. The van der Waals surface area contributed by atoms with E-state index in [1.54, 1.807) is 12.4 Å². The molecule has 9 nitrogen and oxygen atoms in total. The maximum atomic E-state index is 12.2. The number of rotatable bonds is 2. The van der Waals surface area contributed by atoms with E-state index in [9.17, 15) is 9.90 Å². The Morgan fingerprint density at radius 1 is 1.39 bits per heavy atom. The van der Waals surface area contributed by atoms with Gasteiger partial charge in [0.1, 0.15) is 6.21 Å². The number of aliphatic imine (C=N–C) groups is 2. The van der Waals surface area contributed by atoms with Crippen molar-refractivity contribution in [1.82, 2.24) is 5.01 Å². The molecule has 4 aliphatic heterocycles. The molecule has 0 bridgehead atoms. The number of carbonyl (C=O) groups excluding carboxylic acids is 1. The number of amides is 1. The molecule has 1 amide bonds. The number of benzene rings is 1. The molecular weight excluding hydrogens is 358 g/mol. The molecule has 1 saturated heterocycles. The number of nitrogens with one attached hydrogen (secondary N) is 2. The lowest BCUT2D eigenvalue weighted by molar-refractivity contribution is -0.915. The molecule has 5 rings (SSSR count). The van der Waals surface area contributed by atoms with Gasteiger partial charge in [-0.2, -0.15) is 0 Å². The summed E-state index contributed by atoms with van der Waals surface area (Å²) < 4.78 is 0.0810. The molecule has 4 heterocycles. The molecule has 0 aromatic heterocycles. The molecule has 0 radical (unpaired) electrons. The molecule has 1 fully saturated rings. The van der Waals surface area contributed by atoms with Crippen LogP contribution in [0.2, 0.25) is 0 Å². The third-order valence-corrected chi connectivity index (χ3v) is 5.69. The van der Waals surface area contributed by atoms with Crippen molar-refractivity contribution in [3.63, 3.8) is 0 Å². The SMILES string of the molecule is CC1(C)C(=O)Nc2cc(NC3=N[N+]4(N5CC[C@H](O)C5)C=CN=CC4=N3)ccc21. The standard InChI is InChI=1S/C19H21N7O2/c1-19(2)14-4-3-12(9-15(14)22-17(19)28)21-18-23-16-10-20-6-8-26(16,24-18)25-7-5-13(27)11-25/h3-4,6,8-10,13,27H,5,7,11H2,1-2H3,(H-,21,22,24,28)/p+1/t13-,26?/m0/s1. The maximum Gasteiger partial charge on any atom is 0.301 e. The lowest BCUT2D eigenvalue weighted by atomic mass is 9.86. The summed E-state index contributed by atoms with van der Waals surface area (Å²) in [5.41, 5.74) is 2.04. The molecule has 28 heavy (non-hydrogen) atoms. The van der Waals surface area contributed by atoms with E-state index in [4.69, 9.17) is 5.10 Å². The van der Waals surface area contributed by atoms with Crippen LogP contribution in [0, 0.1) is 0 Å². The molecule has 0 aliphatic carbocycles. The second-order valence-electron chi connectivity index (χ2n) is 7.94. The number of hydrogen-bond acceptors (Lipinski definition) is 7. The van der Waals surface area contributed by atoms with Crippen molar-refractivity contribution in [3.8, 4) is 0 Å². The summed E-state index contributed by atoms with van der Waals surface area (Å²) in [5, 5.41) is 23.0. The summed E-state index contributed by atoms with van der Waals surface area (Å²) in [6.45, 7) is 5.07. The summed E-state index contributed by atoms with van der Waals surface area (Å²) in [5.74, 6) is 1.13. The first-order valence-corrected chi connectivity index (χ1v) is 9.34. The number of amidine groups is 1. The van der Waals surface area contributed by atoms with Gasteiger partial charge in [0.15, 0.2) is 6.20 Å². The van der Waals surface area contributed by atoms with E-state index in [-0.39, 0.29) is 16.7 Å². The van der Waals surface area contributed by atoms with Gasteiger partial charge in [-0.15, -0.1) is 10.0 Å². The second kappa shape index (κ2) is 5.81. The predicted octanol–water partition coefficient (Wildman–Crippen LogP) is 1.37. The molecule has 3 N–H and O–H groups in total. The van der Waals surface area contributed by atoms with E-state index in [2.05, 4.69) is 25.6 Å². The number of guanidine groups is 1. The van der Waals surface area contributed by atoms with Gasteiger partial charge in [0.25, 0.3) is 5.96 Å². The average Bonchev–Trinajstić information content (AvgIpc) is 3.30. The first-order chi connectivity index (χ1) is 13.4. The summed E-state index contributed by atoms with van der Waals surface area (Å²) in [4.78, 5) is 20.9. The van der Waals surface area contributed by atoms with Crippen LogP contribution in [0.4, 0.5) is 11.4 Å². The van der Waals surface area contributed by atoms with Gasteiger partial charge in [0.05, 0.1) is 30.8 Å². The third-order valence-electron chi connectivity index (χ3n) is 5.69. The number of nitrogens with zero attached hydrogens (tertiary/aromatic N) is 5. The fraction of sp³-hybridized carbons (Fsp3) is 0.368. The van der Waals surface area contributed by atoms with Crippen LogP contribution in [-0.2, 0) is 10.2 Å². The van der Waals surface area contributed by atoms with Crippen molar-refractivity contribution < 1.29 is 14.6 Å². The van der Waals surface area contributed by atoms with Crippen molar-refractivity contribution in [2.45, 2.75) is 31.8 Å². The van der Waals surface area contributed by atoms with Crippen LogP contribution < -0.4 is 10.6 Å². The average molecular weight is 380 g/mol. The predicted molar refractivity (Wildman–Crippen MR) is 107 cm³/mol. The number of β-amino-alcohol motifs (C(OH)–C–C–N with tert-alkyl or cyclic N) is 1. The number of aliphatic hydroxyl groups is 1. The van der Waals surface area contributed by atoms with Crippen LogP contribution in [0.25, 0.3) is 0 Å². The van der Waals surface area contributed by atoms with Crippen LogP contribution in [0.3, 0.4) is 0 Å². The zero-order valence-electron chi connectivity index (χ0n) is 15.8. The van der Waals surface area contributed by atoms with Crippen molar-refractivity contribution in [3.05, 3.63) is 36.2 Å². The minimum absolute atomic E-state index is 0.00585. The van der Waals surface area contributed by atoms with Gasteiger partial charge in [-0.05, 0) is 47.8 Å². The van der Waals surface area contributed by atoms with Crippen molar-refractivity contribution >= 4 is 35.3 Å². The van der Waals surface area contributed by atoms with Gasteiger partial charge in [-0.1, -0.05) is 6.07 Å². The lowest BCUT2D eigenvalue weighted by Crippen LogP contribution is -2.55. The fourth-order valence-corrected chi connectivity index (χ4v) is 4.02. The van der Waals surface area contributed by atoms with Gasteiger partial charge in [0, 0.05) is 11.4 Å². The third kappa shape index (κ3) is 2.44. The van der Waals surface area contributed by atoms with E-state index in [1.165, 1.54) is 0 Å². The topological polar surface area (TPSA) is 102 Å². The minimum Gasteiger partial charge on any atom is -0.392 e. The van der Waals surface area contributed by atoms with Gasteiger partial charge < -0.3 is 15.7 Å². The van der Waals surface area contributed by atoms with Gasteiger partial charge >= 0.3 is 5.84 Å². The van der Waals surface area contributed by atoms with Crippen molar-refractivity contribution in [2.75, 3.05) is 23.7 Å². The first-order valence-electron chi connectivity index (χ1n) is 9.34. The van der Waals surface area contributed by atoms with Crippen molar-refractivity contribution in [1.29, 1.82) is 0 Å². The quantitative estimate of drug-likeness (QED) is 0.675. The molecule has 144 valence electrons. The Kier molecular flexibility index (Phi) is 3.57. The number of hydrogen-bond donors (Lipinski definition) is 3. The molecule has 1 aromatic rings. The van der Waals surface area contributed by atoms with E-state index in [0.29, 0.717) is 24.8 Å². The highest BCUT2D eigenvalue weighted by Gasteiger charge is 2.49. The largest absolute Gasteiger partial charge is 0.392 e. The van der Waals surface area contributed by atoms with E-state index in [0.717, 1.165) is 23.5 Å². The normalized spacial score (nSPS) is 30.0. The fourth-order valence-electron chi connectivity index (χ4n) is 4.02. The van der Waals surface area contributed by atoms with Crippen LogP contribution in [0.1, 0.15) is 25.8 Å². The van der Waals surface area contributed by atoms with Gasteiger partial charge in [-0.25, -0.2) is 0 Å². The minimum atomic E-state index is -0.535. The highest BCUT2D eigenvalue weighted by Crippen LogP contribution is 2.38. The summed E-state index contributed by atoms with van der Waals surface area (Å²) in [6.07, 6.45) is 5.59. The Morgan fingerprint density at radius 3 is 3.04 bits per heavy atom. The number of quaternary nitrogens is 1. The monoisotopic (exact) mass is 380 g/mol. The molecular formula is C19H22N7O2+. The lowest BCUT2D eigenvalue weighted by Gasteiger charge is -2.31. The first kappa shape index (κ1) is 17.2. The number of anilines is 2. The molecule has 1 aromatic carbocycles. The number of fused-ring (bicyclic) bond motifs is 2. The number of carbonyl (C=O) groups is 1. The molecule has 2 atom stereocenters. The second-order valence-corrected chi connectivity index (χ2v) is 7.94. The van der Waals surface area contributed by atoms with Gasteiger partial charge in [0.2, 0.25) is 5.91 Å². The molecule has 0 spiro atoms. The number of aliphatic hydroxyl groups excluding tert-OH is 1. The van der Waals surface area contributed by atoms with E-state index >= 15 is 0 Å².